The third kappa shape index (κ3) is 3.53. The van der Waals surface area contributed by atoms with Crippen molar-refractivity contribution in [2.24, 2.45) is 0 Å². The SMILES string of the molecule is Cc1nn(-c2ccccc2)c(Cl)c1CSc1nnnn1Cc1cccs1. The summed E-state index contributed by atoms with van der Waals surface area (Å²) in [5, 5.41) is 20.0. The van der Waals surface area contributed by atoms with Crippen molar-refractivity contribution in [2.45, 2.75) is 24.4 Å². The first kappa shape index (κ1) is 17.3. The maximum Gasteiger partial charge on any atom is 0.209 e. The highest BCUT2D eigenvalue weighted by atomic mass is 35.5. The van der Waals surface area contributed by atoms with E-state index in [1.54, 1.807) is 32.5 Å². The average Bonchev–Trinajstić information content (AvgIpc) is 3.38. The van der Waals surface area contributed by atoms with E-state index < -0.39 is 0 Å². The van der Waals surface area contributed by atoms with Crippen molar-refractivity contribution in [3.63, 3.8) is 0 Å². The van der Waals surface area contributed by atoms with Gasteiger partial charge < -0.3 is 0 Å². The number of hydrogen-bond acceptors (Lipinski definition) is 6. The minimum Gasteiger partial charge on any atom is -0.222 e. The lowest BCUT2D eigenvalue weighted by Gasteiger charge is -2.04. The molecule has 0 atom stereocenters. The molecule has 9 heteroatoms. The Morgan fingerprint density at radius 2 is 2.00 bits per heavy atom. The zero-order valence-electron chi connectivity index (χ0n) is 13.9. The molecule has 4 aromatic rings. The van der Waals surface area contributed by atoms with Gasteiger partial charge in [0.05, 0.1) is 17.9 Å². The Hall–Kier alpha value is -2.16. The lowest BCUT2D eigenvalue weighted by molar-refractivity contribution is 0.608. The number of tetrazole rings is 1. The first-order valence-corrected chi connectivity index (χ1v) is 10.2. The standard InChI is InChI=1S/C17H15ClN6S2/c1-12-15(16(18)24(20-12)13-6-3-2-4-7-13)11-26-17-19-21-22-23(17)10-14-8-5-9-25-14/h2-9H,10-11H2,1H3. The Balaban J connectivity index is 1.53. The Bertz CT molecular complexity index is 994. The molecule has 132 valence electrons. The van der Waals surface area contributed by atoms with E-state index in [9.17, 15) is 0 Å². The Morgan fingerprint density at radius 3 is 2.77 bits per heavy atom. The van der Waals surface area contributed by atoms with Gasteiger partial charge in [-0.05, 0) is 40.9 Å². The summed E-state index contributed by atoms with van der Waals surface area (Å²) in [6.07, 6.45) is 0. The molecule has 0 aliphatic rings. The minimum atomic E-state index is 0.624. The van der Waals surface area contributed by atoms with Crippen LogP contribution in [0.1, 0.15) is 16.1 Å². The molecule has 6 nitrogen and oxygen atoms in total. The van der Waals surface area contributed by atoms with Gasteiger partial charge in [-0.15, -0.1) is 16.4 Å². The third-order valence-electron chi connectivity index (χ3n) is 3.85. The molecule has 26 heavy (non-hydrogen) atoms. The van der Waals surface area contributed by atoms with Crippen LogP contribution in [0.5, 0.6) is 0 Å². The molecule has 1 aromatic carbocycles. The quantitative estimate of drug-likeness (QED) is 0.452. The largest absolute Gasteiger partial charge is 0.222 e. The fourth-order valence-electron chi connectivity index (χ4n) is 2.52. The predicted octanol–water partition coefficient (Wildman–Crippen LogP) is 4.22. The Kier molecular flexibility index (Phi) is 5.05. The summed E-state index contributed by atoms with van der Waals surface area (Å²) in [4.78, 5) is 1.21. The van der Waals surface area contributed by atoms with E-state index in [0.29, 0.717) is 17.5 Å². The van der Waals surface area contributed by atoms with Gasteiger partial charge in [0.2, 0.25) is 5.16 Å². The van der Waals surface area contributed by atoms with E-state index >= 15 is 0 Å². The fraction of sp³-hybridized carbons (Fsp3) is 0.176. The molecule has 4 rings (SSSR count). The molecule has 0 spiro atoms. The Morgan fingerprint density at radius 1 is 1.15 bits per heavy atom. The number of nitrogens with zero attached hydrogens (tertiary/aromatic N) is 6. The number of benzene rings is 1. The second-order valence-corrected chi connectivity index (χ2v) is 7.92. The van der Waals surface area contributed by atoms with E-state index in [2.05, 4.69) is 26.7 Å². The molecular weight excluding hydrogens is 388 g/mol. The van der Waals surface area contributed by atoms with Gasteiger partial charge in [0.25, 0.3) is 0 Å². The van der Waals surface area contributed by atoms with Gasteiger partial charge in [-0.1, -0.05) is 47.6 Å². The Labute approximate surface area is 163 Å². The van der Waals surface area contributed by atoms with Crippen LogP contribution >= 0.6 is 34.7 Å². The highest BCUT2D eigenvalue weighted by Gasteiger charge is 2.17. The smallest absolute Gasteiger partial charge is 0.209 e. The summed E-state index contributed by atoms with van der Waals surface area (Å²) >= 11 is 9.84. The molecule has 0 N–H and O–H groups in total. The van der Waals surface area contributed by atoms with E-state index in [1.165, 1.54) is 4.88 Å². The van der Waals surface area contributed by atoms with Crippen molar-refractivity contribution in [2.75, 3.05) is 0 Å². The fourth-order valence-corrected chi connectivity index (χ4v) is 4.59. The van der Waals surface area contributed by atoms with Crippen molar-refractivity contribution in [3.8, 4) is 5.69 Å². The van der Waals surface area contributed by atoms with Crippen LogP contribution in [0.15, 0.2) is 53.0 Å². The number of para-hydroxylation sites is 1. The lowest BCUT2D eigenvalue weighted by atomic mass is 10.3. The summed E-state index contributed by atoms with van der Waals surface area (Å²) in [5.74, 6) is 0.655. The number of halogens is 1. The number of thioether (sulfide) groups is 1. The summed E-state index contributed by atoms with van der Waals surface area (Å²) in [5.41, 5.74) is 2.84. The molecular formula is C17H15ClN6S2. The molecule has 0 saturated carbocycles. The topological polar surface area (TPSA) is 61.4 Å². The predicted molar refractivity (Wildman–Crippen MR) is 104 cm³/mol. The summed E-state index contributed by atoms with van der Waals surface area (Å²) < 4.78 is 3.57. The number of hydrogen-bond donors (Lipinski definition) is 0. The summed E-state index contributed by atoms with van der Waals surface area (Å²) in [6.45, 7) is 2.64. The zero-order valence-corrected chi connectivity index (χ0v) is 16.3. The number of rotatable bonds is 6. The van der Waals surface area contributed by atoms with Gasteiger partial charge in [0.15, 0.2) is 0 Å². The number of aryl methyl sites for hydroxylation is 1. The van der Waals surface area contributed by atoms with Crippen molar-refractivity contribution in [1.82, 2.24) is 30.0 Å². The van der Waals surface area contributed by atoms with Crippen LogP contribution in [-0.2, 0) is 12.3 Å². The third-order valence-corrected chi connectivity index (χ3v) is 6.09. The molecule has 0 aliphatic carbocycles. The van der Waals surface area contributed by atoms with Crippen LogP contribution < -0.4 is 0 Å². The summed E-state index contributed by atoms with van der Waals surface area (Å²) in [7, 11) is 0. The first-order chi connectivity index (χ1) is 12.7. The van der Waals surface area contributed by atoms with Gasteiger partial charge in [-0.25, -0.2) is 9.36 Å². The van der Waals surface area contributed by atoms with Crippen LogP contribution in [0.25, 0.3) is 5.69 Å². The first-order valence-electron chi connectivity index (χ1n) is 7.93. The second-order valence-electron chi connectivity index (χ2n) is 5.59. The van der Waals surface area contributed by atoms with Crippen LogP contribution in [0.3, 0.4) is 0 Å². The second kappa shape index (κ2) is 7.61. The van der Waals surface area contributed by atoms with Gasteiger partial charge in [0.1, 0.15) is 5.15 Å². The highest BCUT2D eigenvalue weighted by Crippen LogP contribution is 2.29. The molecule has 0 aliphatic heterocycles. The number of thiophene rings is 1. The molecule has 0 bridgehead atoms. The summed E-state index contributed by atoms with van der Waals surface area (Å²) in [6, 6.07) is 14.0. The minimum absolute atomic E-state index is 0.624. The van der Waals surface area contributed by atoms with Crippen molar-refractivity contribution in [1.29, 1.82) is 0 Å². The van der Waals surface area contributed by atoms with Gasteiger partial charge in [-0.3, -0.25) is 0 Å². The molecule has 3 aromatic heterocycles. The van der Waals surface area contributed by atoms with E-state index in [0.717, 1.165) is 22.1 Å². The molecule has 0 fully saturated rings. The monoisotopic (exact) mass is 402 g/mol. The van der Waals surface area contributed by atoms with Crippen molar-refractivity contribution >= 4 is 34.7 Å². The van der Waals surface area contributed by atoms with Gasteiger partial charge >= 0.3 is 0 Å². The maximum atomic E-state index is 6.59. The molecule has 0 radical (unpaired) electrons. The highest BCUT2D eigenvalue weighted by molar-refractivity contribution is 7.98. The van der Waals surface area contributed by atoms with E-state index in [1.807, 2.05) is 48.7 Å². The van der Waals surface area contributed by atoms with Crippen molar-refractivity contribution in [3.05, 3.63) is 69.1 Å². The lowest BCUT2D eigenvalue weighted by Crippen LogP contribution is -2.02. The molecule has 0 saturated heterocycles. The van der Waals surface area contributed by atoms with Crippen molar-refractivity contribution < 1.29 is 0 Å². The average molecular weight is 403 g/mol. The van der Waals surface area contributed by atoms with Gasteiger partial charge in [0, 0.05) is 16.2 Å². The van der Waals surface area contributed by atoms with E-state index in [-0.39, 0.29) is 0 Å². The number of aromatic nitrogens is 6. The van der Waals surface area contributed by atoms with Crippen LogP contribution in [-0.4, -0.2) is 30.0 Å². The van der Waals surface area contributed by atoms with Gasteiger partial charge in [-0.2, -0.15) is 5.10 Å². The van der Waals surface area contributed by atoms with Crippen LogP contribution in [0.2, 0.25) is 5.15 Å². The molecule has 0 amide bonds. The van der Waals surface area contributed by atoms with E-state index in [4.69, 9.17) is 11.6 Å². The normalized spacial score (nSPS) is 11.2. The molecule has 0 unspecified atom stereocenters. The maximum absolute atomic E-state index is 6.59. The molecule has 3 heterocycles. The van der Waals surface area contributed by atoms with Crippen LogP contribution in [0.4, 0.5) is 0 Å². The van der Waals surface area contributed by atoms with Crippen LogP contribution in [0, 0.1) is 6.92 Å². The zero-order chi connectivity index (χ0) is 17.9.